The normalized spacial score (nSPS) is 15.7. The molecule has 1 fully saturated rings. The van der Waals surface area contributed by atoms with E-state index in [2.05, 4.69) is 4.98 Å². The second kappa shape index (κ2) is 5.41. The van der Waals surface area contributed by atoms with Crippen molar-refractivity contribution in [3.8, 4) is 0 Å². The van der Waals surface area contributed by atoms with Gasteiger partial charge in [0.05, 0.1) is 17.1 Å². The van der Waals surface area contributed by atoms with Crippen LogP contribution in [0.3, 0.4) is 0 Å². The maximum Gasteiger partial charge on any atom is 0.228 e. The highest BCUT2D eigenvalue weighted by atomic mass is 32.1. The molecule has 0 atom stereocenters. The van der Waals surface area contributed by atoms with Gasteiger partial charge in [0.2, 0.25) is 5.91 Å². The molecule has 1 saturated heterocycles. The van der Waals surface area contributed by atoms with Crippen LogP contribution in [0.15, 0.2) is 5.38 Å². The monoisotopic (exact) mass is 239 g/mol. The molecule has 0 bridgehead atoms. The maximum atomic E-state index is 11.8. The van der Waals surface area contributed by atoms with Crippen molar-refractivity contribution in [1.82, 2.24) is 9.88 Å². The Hall–Kier alpha value is -0.940. The topological polar surface area (TPSA) is 59.2 Å². The van der Waals surface area contributed by atoms with Crippen molar-refractivity contribution in [2.75, 3.05) is 19.6 Å². The number of hydrogen-bond acceptors (Lipinski definition) is 4. The molecule has 5 heteroatoms. The Labute approximate surface area is 99.5 Å². The highest BCUT2D eigenvalue weighted by Gasteiger charge is 2.18. The molecule has 1 aromatic rings. The van der Waals surface area contributed by atoms with E-state index in [0.29, 0.717) is 13.0 Å². The SMILES string of the molecule is NCCc1nc(CC(=O)N2CCCC2)cs1. The minimum absolute atomic E-state index is 0.210. The summed E-state index contributed by atoms with van der Waals surface area (Å²) in [6, 6.07) is 0. The summed E-state index contributed by atoms with van der Waals surface area (Å²) in [4.78, 5) is 18.2. The molecule has 0 spiro atoms. The van der Waals surface area contributed by atoms with Gasteiger partial charge in [-0.25, -0.2) is 4.98 Å². The van der Waals surface area contributed by atoms with Crippen molar-refractivity contribution in [2.24, 2.45) is 5.73 Å². The molecule has 16 heavy (non-hydrogen) atoms. The summed E-state index contributed by atoms with van der Waals surface area (Å²) in [6.07, 6.45) is 3.53. The van der Waals surface area contributed by atoms with Gasteiger partial charge in [-0.15, -0.1) is 11.3 Å². The van der Waals surface area contributed by atoms with Gasteiger partial charge in [-0.1, -0.05) is 0 Å². The molecular formula is C11H17N3OS. The summed E-state index contributed by atoms with van der Waals surface area (Å²) in [5, 5.41) is 3.01. The van der Waals surface area contributed by atoms with Gasteiger partial charge in [0.1, 0.15) is 0 Å². The number of thiazole rings is 1. The van der Waals surface area contributed by atoms with Gasteiger partial charge in [-0.05, 0) is 19.4 Å². The van der Waals surface area contributed by atoms with Crippen molar-refractivity contribution in [1.29, 1.82) is 0 Å². The van der Waals surface area contributed by atoms with Gasteiger partial charge in [-0.3, -0.25) is 4.79 Å². The maximum absolute atomic E-state index is 11.8. The van der Waals surface area contributed by atoms with Crippen molar-refractivity contribution in [3.05, 3.63) is 16.1 Å². The lowest BCUT2D eigenvalue weighted by atomic mass is 10.3. The Morgan fingerprint density at radius 2 is 2.25 bits per heavy atom. The lowest BCUT2D eigenvalue weighted by Crippen LogP contribution is -2.29. The number of amides is 1. The average molecular weight is 239 g/mol. The van der Waals surface area contributed by atoms with Crippen LogP contribution in [0.2, 0.25) is 0 Å². The number of nitrogens with two attached hydrogens (primary N) is 1. The highest BCUT2D eigenvalue weighted by molar-refractivity contribution is 7.09. The lowest BCUT2D eigenvalue weighted by molar-refractivity contribution is -0.129. The Kier molecular flexibility index (Phi) is 3.90. The van der Waals surface area contributed by atoms with Crippen molar-refractivity contribution in [3.63, 3.8) is 0 Å². The second-order valence-corrected chi connectivity index (χ2v) is 4.98. The highest BCUT2D eigenvalue weighted by Crippen LogP contribution is 2.13. The van der Waals surface area contributed by atoms with Crippen LogP contribution in [0.25, 0.3) is 0 Å². The van der Waals surface area contributed by atoms with Crippen molar-refractivity contribution < 1.29 is 4.79 Å². The standard InChI is InChI=1S/C11H17N3OS/c12-4-3-10-13-9(8-16-10)7-11(15)14-5-1-2-6-14/h8H,1-7,12H2. The van der Waals surface area contributed by atoms with E-state index in [0.717, 1.165) is 43.1 Å². The van der Waals surface area contributed by atoms with E-state index in [1.807, 2.05) is 10.3 Å². The number of aromatic nitrogens is 1. The van der Waals surface area contributed by atoms with Gasteiger partial charge < -0.3 is 10.6 Å². The molecule has 2 rings (SSSR count). The third kappa shape index (κ3) is 2.80. The molecule has 0 aliphatic carbocycles. The first-order chi connectivity index (χ1) is 7.79. The Balaban J connectivity index is 1.89. The molecule has 0 unspecified atom stereocenters. The quantitative estimate of drug-likeness (QED) is 0.846. The predicted molar refractivity (Wildman–Crippen MR) is 64.4 cm³/mol. The zero-order valence-electron chi connectivity index (χ0n) is 9.32. The number of rotatable bonds is 4. The molecule has 0 radical (unpaired) electrons. The van der Waals surface area contributed by atoms with Crippen LogP contribution < -0.4 is 5.73 Å². The van der Waals surface area contributed by atoms with Crippen LogP contribution >= 0.6 is 11.3 Å². The lowest BCUT2D eigenvalue weighted by Gasteiger charge is -2.13. The summed E-state index contributed by atoms with van der Waals surface area (Å²) in [6.45, 7) is 2.45. The summed E-state index contributed by atoms with van der Waals surface area (Å²) in [5.74, 6) is 0.210. The Morgan fingerprint density at radius 1 is 1.50 bits per heavy atom. The second-order valence-electron chi connectivity index (χ2n) is 4.04. The number of hydrogen-bond donors (Lipinski definition) is 1. The molecule has 2 heterocycles. The summed E-state index contributed by atoms with van der Waals surface area (Å²) in [5.41, 5.74) is 6.36. The van der Waals surface area contributed by atoms with E-state index in [-0.39, 0.29) is 5.91 Å². The Morgan fingerprint density at radius 3 is 2.94 bits per heavy atom. The number of likely N-dealkylation sites (tertiary alicyclic amines) is 1. The molecule has 1 aromatic heterocycles. The smallest absolute Gasteiger partial charge is 0.228 e. The van der Waals surface area contributed by atoms with E-state index in [9.17, 15) is 4.79 Å². The van der Waals surface area contributed by atoms with Crippen LogP contribution in [0.1, 0.15) is 23.5 Å². The van der Waals surface area contributed by atoms with E-state index in [1.165, 1.54) is 0 Å². The fourth-order valence-electron chi connectivity index (χ4n) is 1.90. The van der Waals surface area contributed by atoms with E-state index >= 15 is 0 Å². The molecule has 88 valence electrons. The van der Waals surface area contributed by atoms with Crippen molar-refractivity contribution >= 4 is 17.2 Å². The minimum Gasteiger partial charge on any atom is -0.342 e. The van der Waals surface area contributed by atoms with Gasteiger partial charge in [0, 0.05) is 24.9 Å². The first-order valence-electron chi connectivity index (χ1n) is 5.70. The molecular weight excluding hydrogens is 222 g/mol. The average Bonchev–Trinajstić information content (AvgIpc) is 2.89. The molecule has 0 saturated carbocycles. The third-order valence-electron chi connectivity index (χ3n) is 2.75. The summed E-state index contributed by atoms with van der Waals surface area (Å²) in [7, 11) is 0. The number of carbonyl (C=O) groups excluding carboxylic acids is 1. The van der Waals surface area contributed by atoms with Crippen LogP contribution in [-0.2, 0) is 17.6 Å². The number of nitrogens with zero attached hydrogens (tertiary/aromatic N) is 2. The molecule has 1 aliphatic rings. The zero-order chi connectivity index (χ0) is 11.4. The van der Waals surface area contributed by atoms with Crippen molar-refractivity contribution in [2.45, 2.75) is 25.7 Å². The fraction of sp³-hybridized carbons (Fsp3) is 0.636. The van der Waals surface area contributed by atoms with Crippen LogP contribution in [0.4, 0.5) is 0 Å². The predicted octanol–water partition coefficient (Wildman–Crippen LogP) is 0.809. The molecule has 1 aliphatic heterocycles. The minimum atomic E-state index is 0.210. The van der Waals surface area contributed by atoms with Crippen LogP contribution in [0, 0.1) is 0 Å². The van der Waals surface area contributed by atoms with Gasteiger partial charge in [0.15, 0.2) is 0 Å². The van der Waals surface area contributed by atoms with E-state index in [4.69, 9.17) is 5.73 Å². The zero-order valence-corrected chi connectivity index (χ0v) is 10.1. The summed E-state index contributed by atoms with van der Waals surface area (Å²) >= 11 is 1.60. The van der Waals surface area contributed by atoms with Gasteiger partial charge in [-0.2, -0.15) is 0 Å². The van der Waals surface area contributed by atoms with E-state index in [1.54, 1.807) is 11.3 Å². The van der Waals surface area contributed by atoms with Crippen LogP contribution in [0.5, 0.6) is 0 Å². The molecule has 2 N–H and O–H groups in total. The number of carbonyl (C=O) groups is 1. The fourth-order valence-corrected chi connectivity index (χ4v) is 2.72. The molecule has 4 nitrogen and oxygen atoms in total. The largest absolute Gasteiger partial charge is 0.342 e. The Bertz CT molecular complexity index is 358. The van der Waals surface area contributed by atoms with Gasteiger partial charge in [0.25, 0.3) is 0 Å². The third-order valence-corrected chi connectivity index (χ3v) is 3.71. The van der Waals surface area contributed by atoms with E-state index < -0.39 is 0 Å². The first-order valence-corrected chi connectivity index (χ1v) is 6.58. The van der Waals surface area contributed by atoms with Gasteiger partial charge >= 0.3 is 0 Å². The first kappa shape index (κ1) is 11.5. The summed E-state index contributed by atoms with van der Waals surface area (Å²) < 4.78 is 0. The molecule has 1 amide bonds. The molecule has 0 aromatic carbocycles. The van der Waals surface area contributed by atoms with Crippen LogP contribution in [-0.4, -0.2) is 35.4 Å².